The molecule has 1 amide bonds. The van der Waals surface area contributed by atoms with Gasteiger partial charge in [-0.1, -0.05) is 37.3 Å². The molecule has 0 fully saturated rings. The van der Waals surface area contributed by atoms with Crippen molar-refractivity contribution in [1.82, 2.24) is 10.3 Å². The van der Waals surface area contributed by atoms with Crippen LogP contribution in [-0.2, 0) is 22.5 Å². The quantitative estimate of drug-likeness (QED) is 0.622. The predicted octanol–water partition coefficient (Wildman–Crippen LogP) is 3.59. The van der Waals surface area contributed by atoms with E-state index >= 15 is 0 Å². The Morgan fingerprint density at radius 2 is 1.90 bits per heavy atom. The molecule has 150 valence electrons. The molecule has 6 nitrogen and oxygen atoms in total. The van der Waals surface area contributed by atoms with Crippen molar-refractivity contribution in [3.63, 3.8) is 0 Å². The highest BCUT2D eigenvalue weighted by Crippen LogP contribution is 2.24. The Kier molecular flexibility index (Phi) is 6.44. The minimum atomic E-state index is -0.533. The van der Waals surface area contributed by atoms with Crippen LogP contribution in [-0.4, -0.2) is 30.6 Å². The number of pyridine rings is 1. The highest BCUT2D eigenvalue weighted by atomic mass is 16.5. The van der Waals surface area contributed by atoms with Gasteiger partial charge in [0.25, 0.3) is 5.91 Å². The lowest BCUT2D eigenvalue weighted by atomic mass is 10.0. The topological polar surface area (TPSA) is 77.5 Å². The molecule has 0 saturated carbocycles. The van der Waals surface area contributed by atoms with E-state index in [1.165, 1.54) is 0 Å². The van der Waals surface area contributed by atoms with Crippen LogP contribution in [0.25, 0.3) is 10.9 Å². The third kappa shape index (κ3) is 4.71. The Morgan fingerprint density at radius 3 is 2.66 bits per heavy atom. The molecule has 3 rings (SSSR count). The average Bonchev–Trinajstić information content (AvgIpc) is 2.76. The summed E-state index contributed by atoms with van der Waals surface area (Å²) in [5.41, 5.74) is 3.66. The number of rotatable bonds is 7. The van der Waals surface area contributed by atoms with Crippen molar-refractivity contribution in [3.05, 3.63) is 70.9 Å². The number of methoxy groups -OCH3 is 1. The predicted molar refractivity (Wildman–Crippen MR) is 111 cm³/mol. The molecular weight excluding hydrogens is 368 g/mol. The number of hydrogen-bond acceptors (Lipinski definition) is 5. The first-order valence-corrected chi connectivity index (χ1v) is 9.48. The summed E-state index contributed by atoms with van der Waals surface area (Å²) in [6.45, 7) is 3.79. The smallest absolute Gasteiger partial charge is 0.340 e. The summed E-state index contributed by atoms with van der Waals surface area (Å²) in [6.07, 6.45) is 0.595. The molecule has 29 heavy (non-hydrogen) atoms. The molecule has 0 atom stereocenters. The fourth-order valence-electron chi connectivity index (χ4n) is 3.20. The summed E-state index contributed by atoms with van der Waals surface area (Å²) >= 11 is 0. The van der Waals surface area contributed by atoms with E-state index in [1.54, 1.807) is 7.11 Å². The number of carbonyl (C=O) groups excluding carboxylic acids is 2. The lowest BCUT2D eigenvalue weighted by Crippen LogP contribution is -2.28. The number of amides is 1. The summed E-state index contributed by atoms with van der Waals surface area (Å²) < 4.78 is 10.4. The van der Waals surface area contributed by atoms with Crippen molar-refractivity contribution in [1.29, 1.82) is 0 Å². The largest absolute Gasteiger partial charge is 0.497 e. The van der Waals surface area contributed by atoms with Gasteiger partial charge < -0.3 is 14.8 Å². The molecular formula is C23H24N2O4. The van der Waals surface area contributed by atoms with Crippen molar-refractivity contribution in [2.24, 2.45) is 0 Å². The molecule has 0 unspecified atom stereocenters. The number of para-hydroxylation sites is 1. The minimum Gasteiger partial charge on any atom is -0.497 e. The molecule has 0 aliphatic rings. The maximum atomic E-state index is 12.7. The number of nitrogens with zero attached hydrogens (tertiary/aromatic N) is 1. The maximum Gasteiger partial charge on any atom is 0.340 e. The highest BCUT2D eigenvalue weighted by molar-refractivity contribution is 5.99. The minimum absolute atomic E-state index is 0.324. The lowest BCUT2D eigenvalue weighted by molar-refractivity contribution is -0.124. The second kappa shape index (κ2) is 9.19. The van der Waals surface area contributed by atoms with Crippen LogP contribution in [0.5, 0.6) is 5.75 Å². The number of aryl methyl sites for hydroxylation is 2. The van der Waals surface area contributed by atoms with E-state index in [1.807, 2.05) is 62.4 Å². The van der Waals surface area contributed by atoms with Crippen LogP contribution < -0.4 is 10.1 Å². The van der Waals surface area contributed by atoms with Crippen LogP contribution in [0.2, 0.25) is 0 Å². The van der Waals surface area contributed by atoms with Crippen LogP contribution in [0.15, 0.2) is 48.5 Å². The van der Waals surface area contributed by atoms with Gasteiger partial charge in [0.05, 0.1) is 23.9 Å². The zero-order valence-electron chi connectivity index (χ0n) is 16.8. The Labute approximate surface area is 169 Å². The van der Waals surface area contributed by atoms with Crippen LogP contribution >= 0.6 is 0 Å². The SMILES string of the molecule is CCc1nc2ccccc2c(C)c1C(=O)OCC(=O)NCc1cccc(OC)c1. The van der Waals surface area contributed by atoms with E-state index in [2.05, 4.69) is 10.3 Å². The van der Waals surface area contributed by atoms with Crippen LogP contribution in [0.4, 0.5) is 0 Å². The summed E-state index contributed by atoms with van der Waals surface area (Å²) in [6, 6.07) is 15.1. The summed E-state index contributed by atoms with van der Waals surface area (Å²) in [7, 11) is 1.59. The van der Waals surface area contributed by atoms with Crippen molar-refractivity contribution < 1.29 is 19.1 Å². The van der Waals surface area contributed by atoms with E-state index in [4.69, 9.17) is 9.47 Å². The molecule has 1 heterocycles. The molecule has 0 saturated heterocycles. The third-order valence-electron chi connectivity index (χ3n) is 4.72. The van der Waals surface area contributed by atoms with Gasteiger partial charge in [-0.15, -0.1) is 0 Å². The van der Waals surface area contributed by atoms with Gasteiger partial charge in [0.15, 0.2) is 6.61 Å². The van der Waals surface area contributed by atoms with Gasteiger partial charge >= 0.3 is 5.97 Å². The van der Waals surface area contributed by atoms with E-state index in [9.17, 15) is 9.59 Å². The third-order valence-corrected chi connectivity index (χ3v) is 4.72. The number of nitrogens with one attached hydrogen (secondary N) is 1. The zero-order valence-corrected chi connectivity index (χ0v) is 16.8. The molecule has 3 aromatic rings. The molecule has 2 aromatic carbocycles. The monoisotopic (exact) mass is 392 g/mol. The summed E-state index contributed by atoms with van der Waals surface area (Å²) in [5.74, 6) is -0.186. The Balaban J connectivity index is 1.65. The lowest BCUT2D eigenvalue weighted by Gasteiger charge is -2.13. The first-order chi connectivity index (χ1) is 14.0. The zero-order chi connectivity index (χ0) is 20.8. The molecule has 0 bridgehead atoms. The van der Waals surface area contributed by atoms with E-state index in [0.29, 0.717) is 24.2 Å². The fourth-order valence-corrected chi connectivity index (χ4v) is 3.20. The van der Waals surface area contributed by atoms with E-state index in [0.717, 1.165) is 27.8 Å². The normalized spacial score (nSPS) is 10.6. The highest BCUT2D eigenvalue weighted by Gasteiger charge is 2.20. The van der Waals surface area contributed by atoms with Gasteiger partial charge in [-0.25, -0.2) is 4.79 Å². The Bertz CT molecular complexity index is 1050. The molecule has 0 radical (unpaired) electrons. The summed E-state index contributed by atoms with van der Waals surface area (Å²) in [5, 5.41) is 3.64. The average molecular weight is 392 g/mol. The van der Waals surface area contributed by atoms with Crippen molar-refractivity contribution in [2.75, 3.05) is 13.7 Å². The number of benzene rings is 2. The van der Waals surface area contributed by atoms with Crippen molar-refractivity contribution in [2.45, 2.75) is 26.8 Å². The van der Waals surface area contributed by atoms with E-state index < -0.39 is 5.97 Å². The number of ether oxygens (including phenoxy) is 2. The fraction of sp³-hybridized carbons (Fsp3) is 0.261. The number of fused-ring (bicyclic) bond motifs is 1. The molecule has 1 aromatic heterocycles. The molecule has 0 spiro atoms. The van der Waals surface area contributed by atoms with Gasteiger partial charge in [0.1, 0.15) is 5.75 Å². The van der Waals surface area contributed by atoms with Gasteiger partial charge in [-0.2, -0.15) is 0 Å². The molecule has 1 N–H and O–H groups in total. The van der Waals surface area contributed by atoms with Crippen molar-refractivity contribution in [3.8, 4) is 5.75 Å². The second-order valence-corrected chi connectivity index (χ2v) is 6.63. The number of esters is 1. The van der Waals surface area contributed by atoms with Crippen LogP contribution in [0, 0.1) is 6.92 Å². The number of aromatic nitrogens is 1. The Morgan fingerprint density at radius 1 is 1.10 bits per heavy atom. The molecule has 0 aliphatic carbocycles. The first-order valence-electron chi connectivity index (χ1n) is 9.48. The van der Waals surface area contributed by atoms with E-state index in [-0.39, 0.29) is 12.5 Å². The van der Waals surface area contributed by atoms with Gasteiger partial charge in [0.2, 0.25) is 0 Å². The van der Waals surface area contributed by atoms with Gasteiger partial charge in [-0.3, -0.25) is 9.78 Å². The second-order valence-electron chi connectivity index (χ2n) is 6.63. The van der Waals surface area contributed by atoms with Crippen molar-refractivity contribution >= 4 is 22.8 Å². The Hall–Kier alpha value is -3.41. The summed E-state index contributed by atoms with van der Waals surface area (Å²) in [4.78, 5) is 29.4. The van der Waals surface area contributed by atoms with Gasteiger partial charge in [0, 0.05) is 11.9 Å². The number of hydrogen-bond donors (Lipinski definition) is 1. The van der Waals surface area contributed by atoms with Crippen LogP contribution in [0.1, 0.15) is 34.1 Å². The molecule has 6 heteroatoms. The maximum absolute atomic E-state index is 12.7. The standard InChI is InChI=1S/C23H24N2O4/c1-4-19-22(15(2)18-10-5-6-11-20(18)25-19)23(27)29-14-21(26)24-13-16-8-7-9-17(12-16)28-3/h5-12H,4,13-14H2,1-3H3,(H,24,26). The van der Waals surface area contributed by atoms with Gasteiger partial charge in [-0.05, 0) is 42.7 Å². The number of carbonyl (C=O) groups is 2. The first kappa shape index (κ1) is 20.3. The van der Waals surface area contributed by atoms with Crippen LogP contribution in [0.3, 0.4) is 0 Å². The molecule has 0 aliphatic heterocycles.